The van der Waals surface area contributed by atoms with E-state index < -0.39 is 11.7 Å². The summed E-state index contributed by atoms with van der Waals surface area (Å²) in [5.41, 5.74) is 9.78. The summed E-state index contributed by atoms with van der Waals surface area (Å²) in [6, 6.07) is 10.4. The summed E-state index contributed by atoms with van der Waals surface area (Å²) in [6.07, 6.45) is 2.65. The number of carbonyl (C=O) groups is 1. The standard InChI is InChI=1S/C25H31N5O2S/c1-5-6-7-19-28-20-21(18-12-13-33-23(18)29-22(20)26)30(19)15-17-10-8-16(9-11-17)14-27-24(31)32-25(2,3)4/h8-13H,5-7,14-15H2,1-4H3,(H2,26,29)(H,27,31). The van der Waals surface area contributed by atoms with Gasteiger partial charge in [-0.25, -0.2) is 14.8 Å². The van der Waals surface area contributed by atoms with Gasteiger partial charge in [-0.1, -0.05) is 37.6 Å². The Hall–Kier alpha value is -3.13. The van der Waals surface area contributed by atoms with Crippen molar-refractivity contribution < 1.29 is 9.53 Å². The van der Waals surface area contributed by atoms with Gasteiger partial charge in [0.15, 0.2) is 5.82 Å². The van der Waals surface area contributed by atoms with E-state index in [1.807, 2.05) is 38.3 Å². The lowest BCUT2D eigenvalue weighted by Gasteiger charge is -2.19. The highest BCUT2D eigenvalue weighted by molar-refractivity contribution is 7.16. The summed E-state index contributed by atoms with van der Waals surface area (Å²) in [6.45, 7) is 8.85. The Morgan fingerprint density at radius 1 is 1.15 bits per heavy atom. The largest absolute Gasteiger partial charge is 0.444 e. The zero-order valence-electron chi connectivity index (χ0n) is 19.6. The number of carbonyl (C=O) groups excluding carboxylic acids is 1. The summed E-state index contributed by atoms with van der Waals surface area (Å²) in [7, 11) is 0. The minimum atomic E-state index is -0.510. The Balaban J connectivity index is 1.58. The molecule has 0 fully saturated rings. The number of unbranched alkanes of at least 4 members (excludes halogenated alkanes) is 1. The molecule has 1 amide bonds. The number of aryl methyl sites for hydroxylation is 1. The molecule has 0 unspecified atom stereocenters. The maximum Gasteiger partial charge on any atom is 0.407 e. The van der Waals surface area contributed by atoms with Crippen LogP contribution in [0.4, 0.5) is 10.6 Å². The van der Waals surface area contributed by atoms with E-state index in [-0.39, 0.29) is 0 Å². The molecule has 0 saturated carbocycles. The Morgan fingerprint density at radius 3 is 2.58 bits per heavy atom. The quantitative estimate of drug-likeness (QED) is 0.368. The number of rotatable bonds is 7. The number of pyridine rings is 1. The van der Waals surface area contributed by atoms with Crippen molar-refractivity contribution in [2.24, 2.45) is 0 Å². The number of imidazole rings is 1. The lowest BCUT2D eigenvalue weighted by Crippen LogP contribution is -2.32. The van der Waals surface area contributed by atoms with E-state index >= 15 is 0 Å². The Morgan fingerprint density at radius 2 is 1.88 bits per heavy atom. The van der Waals surface area contributed by atoms with Gasteiger partial charge in [0.25, 0.3) is 0 Å². The number of anilines is 1. The van der Waals surface area contributed by atoms with Crippen LogP contribution in [0.2, 0.25) is 0 Å². The summed E-state index contributed by atoms with van der Waals surface area (Å²) in [4.78, 5) is 22.3. The molecular formula is C25H31N5O2S. The van der Waals surface area contributed by atoms with Crippen LogP contribution < -0.4 is 11.1 Å². The lowest BCUT2D eigenvalue weighted by atomic mass is 10.1. The molecule has 0 saturated heterocycles. The number of aromatic nitrogens is 3. The number of hydrogen-bond acceptors (Lipinski definition) is 6. The van der Waals surface area contributed by atoms with Crippen LogP contribution in [-0.4, -0.2) is 26.2 Å². The number of alkyl carbamates (subject to hydrolysis) is 1. The maximum atomic E-state index is 11.9. The van der Waals surface area contributed by atoms with Crippen molar-refractivity contribution in [2.75, 3.05) is 5.73 Å². The predicted molar refractivity (Wildman–Crippen MR) is 135 cm³/mol. The van der Waals surface area contributed by atoms with Crippen LogP contribution in [-0.2, 0) is 24.2 Å². The molecular weight excluding hydrogens is 434 g/mol. The van der Waals surface area contributed by atoms with Crippen LogP contribution in [0.15, 0.2) is 35.7 Å². The number of amides is 1. The summed E-state index contributed by atoms with van der Waals surface area (Å²) >= 11 is 1.59. The molecule has 3 N–H and O–H groups in total. The van der Waals surface area contributed by atoms with E-state index in [0.717, 1.165) is 57.5 Å². The Kier molecular flexibility index (Phi) is 6.56. The van der Waals surface area contributed by atoms with E-state index in [0.29, 0.717) is 18.9 Å². The van der Waals surface area contributed by atoms with Crippen molar-refractivity contribution in [3.63, 3.8) is 0 Å². The number of fused-ring (bicyclic) bond motifs is 3. The second kappa shape index (κ2) is 9.39. The molecule has 0 atom stereocenters. The average Bonchev–Trinajstić information content (AvgIpc) is 3.35. The number of ether oxygens (including phenoxy) is 1. The first-order valence-corrected chi connectivity index (χ1v) is 12.2. The third-order valence-electron chi connectivity index (χ3n) is 5.36. The molecule has 0 aliphatic heterocycles. The number of thiophene rings is 1. The smallest absolute Gasteiger partial charge is 0.407 e. The van der Waals surface area contributed by atoms with Gasteiger partial charge in [-0.05, 0) is 49.8 Å². The van der Waals surface area contributed by atoms with Crippen molar-refractivity contribution in [1.29, 1.82) is 0 Å². The molecule has 3 heterocycles. The zero-order chi connectivity index (χ0) is 23.6. The van der Waals surface area contributed by atoms with Crippen LogP contribution in [0.1, 0.15) is 57.5 Å². The summed E-state index contributed by atoms with van der Waals surface area (Å²) < 4.78 is 7.59. The summed E-state index contributed by atoms with van der Waals surface area (Å²) in [5.74, 6) is 1.52. The fourth-order valence-corrected chi connectivity index (χ4v) is 4.59. The predicted octanol–water partition coefficient (Wildman–Crippen LogP) is 5.64. The first-order chi connectivity index (χ1) is 15.7. The monoisotopic (exact) mass is 465 g/mol. The fraction of sp³-hybridized carbons (Fsp3) is 0.400. The van der Waals surface area contributed by atoms with Crippen LogP contribution in [0.25, 0.3) is 21.3 Å². The van der Waals surface area contributed by atoms with Gasteiger partial charge >= 0.3 is 6.09 Å². The van der Waals surface area contributed by atoms with Crippen molar-refractivity contribution >= 4 is 44.5 Å². The van der Waals surface area contributed by atoms with Gasteiger partial charge in [-0.2, -0.15) is 0 Å². The zero-order valence-corrected chi connectivity index (χ0v) is 20.5. The molecule has 174 valence electrons. The van der Waals surface area contributed by atoms with E-state index in [1.54, 1.807) is 11.3 Å². The number of nitrogen functional groups attached to an aromatic ring is 1. The van der Waals surface area contributed by atoms with Crippen LogP contribution in [0.3, 0.4) is 0 Å². The molecule has 0 aliphatic rings. The first kappa shape index (κ1) is 23.0. The van der Waals surface area contributed by atoms with Gasteiger partial charge < -0.3 is 20.4 Å². The molecule has 4 aromatic rings. The van der Waals surface area contributed by atoms with Gasteiger partial charge in [0.05, 0.1) is 5.52 Å². The number of nitrogens with zero attached hydrogens (tertiary/aromatic N) is 3. The second-order valence-electron chi connectivity index (χ2n) is 9.22. The van der Waals surface area contributed by atoms with Gasteiger partial charge in [0.1, 0.15) is 21.8 Å². The molecule has 7 nitrogen and oxygen atoms in total. The average molecular weight is 466 g/mol. The van der Waals surface area contributed by atoms with Crippen molar-refractivity contribution in [1.82, 2.24) is 19.9 Å². The highest BCUT2D eigenvalue weighted by Gasteiger charge is 2.18. The van der Waals surface area contributed by atoms with Crippen molar-refractivity contribution in [3.8, 4) is 0 Å². The topological polar surface area (TPSA) is 95.1 Å². The van der Waals surface area contributed by atoms with Crippen LogP contribution in [0.5, 0.6) is 0 Å². The van der Waals surface area contributed by atoms with Crippen LogP contribution in [0, 0.1) is 0 Å². The van der Waals surface area contributed by atoms with E-state index in [1.165, 1.54) is 0 Å². The first-order valence-electron chi connectivity index (χ1n) is 11.3. The number of hydrogen-bond donors (Lipinski definition) is 2. The molecule has 0 aliphatic carbocycles. The number of nitrogens with two attached hydrogens (primary N) is 1. The summed E-state index contributed by atoms with van der Waals surface area (Å²) in [5, 5.41) is 5.95. The number of nitrogens with one attached hydrogen (secondary N) is 1. The van der Waals surface area contributed by atoms with Gasteiger partial charge in [0, 0.05) is 24.9 Å². The SMILES string of the molecule is CCCCc1nc2c(N)nc3sccc3c2n1Cc1ccc(CNC(=O)OC(C)(C)C)cc1. The van der Waals surface area contributed by atoms with Crippen molar-refractivity contribution in [2.45, 2.75) is 65.6 Å². The molecule has 1 aromatic carbocycles. The van der Waals surface area contributed by atoms with E-state index in [4.69, 9.17) is 15.5 Å². The highest BCUT2D eigenvalue weighted by atomic mass is 32.1. The minimum absolute atomic E-state index is 0.414. The molecule has 0 bridgehead atoms. The third-order valence-corrected chi connectivity index (χ3v) is 6.17. The maximum absolute atomic E-state index is 11.9. The molecule has 8 heteroatoms. The van der Waals surface area contributed by atoms with Gasteiger partial charge in [0.2, 0.25) is 0 Å². The van der Waals surface area contributed by atoms with Crippen LogP contribution >= 0.6 is 11.3 Å². The Labute approximate surface area is 198 Å². The minimum Gasteiger partial charge on any atom is -0.444 e. The number of benzene rings is 1. The van der Waals surface area contributed by atoms with Gasteiger partial charge in [-0.3, -0.25) is 0 Å². The van der Waals surface area contributed by atoms with E-state index in [9.17, 15) is 4.79 Å². The molecule has 3 aromatic heterocycles. The molecule has 33 heavy (non-hydrogen) atoms. The van der Waals surface area contributed by atoms with Gasteiger partial charge in [-0.15, -0.1) is 11.3 Å². The second-order valence-corrected chi connectivity index (χ2v) is 10.1. The molecule has 0 radical (unpaired) electrons. The highest BCUT2D eigenvalue weighted by Crippen LogP contribution is 2.32. The third kappa shape index (κ3) is 5.27. The molecule has 4 rings (SSSR count). The molecule has 0 spiro atoms. The lowest BCUT2D eigenvalue weighted by molar-refractivity contribution is 0.0523. The fourth-order valence-electron chi connectivity index (χ4n) is 3.81. The normalized spacial score (nSPS) is 11.9. The van der Waals surface area contributed by atoms with E-state index in [2.05, 4.69) is 40.0 Å². The van der Waals surface area contributed by atoms with Crippen molar-refractivity contribution in [3.05, 3.63) is 52.7 Å². The Bertz CT molecular complexity index is 1270.